The van der Waals surface area contributed by atoms with Crippen molar-refractivity contribution in [3.63, 3.8) is 0 Å². The Bertz CT molecular complexity index is 394. The molecule has 0 aliphatic carbocycles. The maximum atomic E-state index is 12.5. The van der Waals surface area contributed by atoms with Gasteiger partial charge in [0.1, 0.15) is 6.10 Å². The fourth-order valence-electron chi connectivity index (χ4n) is 1.35. The molecule has 1 atom stereocenters. The first kappa shape index (κ1) is 15.0. The molecule has 0 spiro atoms. The molecule has 1 unspecified atom stereocenters. The first-order valence-electron chi connectivity index (χ1n) is 5.59. The van der Waals surface area contributed by atoms with E-state index in [-0.39, 0.29) is 12.2 Å². The molecule has 0 aliphatic heterocycles. The van der Waals surface area contributed by atoms with Gasteiger partial charge in [-0.15, -0.1) is 0 Å². The van der Waals surface area contributed by atoms with Gasteiger partial charge in [0.05, 0.1) is 17.8 Å². The summed E-state index contributed by atoms with van der Waals surface area (Å²) in [6.45, 7) is 5.40. The van der Waals surface area contributed by atoms with Gasteiger partial charge in [0.15, 0.2) is 0 Å². The highest BCUT2D eigenvalue weighted by molar-refractivity contribution is 5.27. The highest BCUT2D eigenvalue weighted by atomic mass is 19.4. The fraction of sp³-hybridized carbons (Fsp3) is 0.538. The third-order valence-corrected chi connectivity index (χ3v) is 2.27. The van der Waals surface area contributed by atoms with Gasteiger partial charge in [-0.05, 0) is 38.5 Å². The average molecular weight is 262 g/mol. The van der Waals surface area contributed by atoms with Crippen LogP contribution in [0.1, 0.15) is 38.0 Å². The van der Waals surface area contributed by atoms with E-state index in [9.17, 15) is 18.3 Å². The summed E-state index contributed by atoms with van der Waals surface area (Å²) in [6.07, 6.45) is -5.47. The summed E-state index contributed by atoms with van der Waals surface area (Å²) >= 11 is 0. The number of halogens is 3. The molecule has 0 radical (unpaired) electrons. The Morgan fingerprint density at radius 1 is 1.22 bits per heavy atom. The van der Waals surface area contributed by atoms with E-state index in [0.29, 0.717) is 0 Å². The van der Waals surface area contributed by atoms with Crippen molar-refractivity contribution in [1.82, 2.24) is 0 Å². The summed E-state index contributed by atoms with van der Waals surface area (Å²) in [5, 5.41) is 9.78. The van der Waals surface area contributed by atoms with Gasteiger partial charge in [0.2, 0.25) is 0 Å². The first-order valence-corrected chi connectivity index (χ1v) is 5.59. The standard InChI is InChI=1S/C13H17F3O2/c1-12(2,3)18-8-11(17)9-5-4-6-10(7-9)13(14,15)16/h4-7,11,17H,8H2,1-3H3. The third-order valence-electron chi connectivity index (χ3n) is 2.27. The molecule has 1 rings (SSSR count). The zero-order valence-corrected chi connectivity index (χ0v) is 10.6. The summed E-state index contributed by atoms with van der Waals surface area (Å²) in [5.74, 6) is 0. The van der Waals surface area contributed by atoms with E-state index in [4.69, 9.17) is 4.74 Å². The van der Waals surface area contributed by atoms with Crippen LogP contribution in [-0.4, -0.2) is 17.3 Å². The third kappa shape index (κ3) is 4.66. The van der Waals surface area contributed by atoms with Crippen LogP contribution in [0.3, 0.4) is 0 Å². The molecule has 1 aromatic rings. The number of hydrogen-bond donors (Lipinski definition) is 1. The van der Waals surface area contributed by atoms with Gasteiger partial charge < -0.3 is 9.84 Å². The van der Waals surface area contributed by atoms with Gasteiger partial charge >= 0.3 is 6.18 Å². The Kier molecular flexibility index (Phi) is 4.40. The second-order valence-electron chi connectivity index (χ2n) is 5.06. The van der Waals surface area contributed by atoms with Crippen LogP contribution in [0.4, 0.5) is 13.2 Å². The van der Waals surface area contributed by atoms with E-state index in [1.165, 1.54) is 12.1 Å². The molecule has 18 heavy (non-hydrogen) atoms. The Morgan fingerprint density at radius 3 is 2.33 bits per heavy atom. The smallest absolute Gasteiger partial charge is 0.386 e. The molecule has 1 aromatic carbocycles. The van der Waals surface area contributed by atoms with E-state index in [2.05, 4.69) is 0 Å². The molecule has 0 aromatic heterocycles. The summed E-state index contributed by atoms with van der Waals surface area (Å²) in [4.78, 5) is 0. The van der Waals surface area contributed by atoms with Gasteiger partial charge in [-0.1, -0.05) is 12.1 Å². The summed E-state index contributed by atoms with van der Waals surface area (Å²) in [7, 11) is 0. The van der Waals surface area contributed by atoms with Gasteiger partial charge in [-0.25, -0.2) is 0 Å². The van der Waals surface area contributed by atoms with Crippen LogP contribution in [0, 0.1) is 0 Å². The van der Waals surface area contributed by atoms with Crippen LogP contribution >= 0.6 is 0 Å². The van der Waals surface area contributed by atoms with Gasteiger partial charge in [-0.3, -0.25) is 0 Å². The van der Waals surface area contributed by atoms with Gasteiger partial charge in [0.25, 0.3) is 0 Å². The monoisotopic (exact) mass is 262 g/mol. The highest BCUT2D eigenvalue weighted by Gasteiger charge is 2.30. The van der Waals surface area contributed by atoms with Crippen LogP contribution < -0.4 is 0 Å². The SMILES string of the molecule is CC(C)(C)OCC(O)c1cccc(C(F)(F)F)c1. The minimum absolute atomic E-state index is 0.0369. The summed E-state index contributed by atoms with van der Waals surface area (Å²) in [6, 6.07) is 4.64. The molecule has 0 saturated heterocycles. The van der Waals surface area contributed by atoms with E-state index < -0.39 is 23.4 Å². The van der Waals surface area contributed by atoms with Crippen molar-refractivity contribution in [3.8, 4) is 0 Å². The van der Waals surface area contributed by atoms with Crippen LogP contribution in [0.15, 0.2) is 24.3 Å². The largest absolute Gasteiger partial charge is 0.416 e. The normalized spacial score (nSPS) is 14.6. The lowest BCUT2D eigenvalue weighted by atomic mass is 10.1. The van der Waals surface area contributed by atoms with E-state index in [1.54, 1.807) is 0 Å². The topological polar surface area (TPSA) is 29.5 Å². The molecule has 2 nitrogen and oxygen atoms in total. The van der Waals surface area contributed by atoms with Gasteiger partial charge in [0, 0.05) is 0 Å². The molecule has 0 saturated carbocycles. The van der Waals surface area contributed by atoms with Crippen LogP contribution in [0.25, 0.3) is 0 Å². The number of benzene rings is 1. The van der Waals surface area contributed by atoms with Crippen molar-refractivity contribution in [2.45, 2.75) is 38.7 Å². The van der Waals surface area contributed by atoms with Crippen LogP contribution in [-0.2, 0) is 10.9 Å². The molecule has 0 fully saturated rings. The number of alkyl halides is 3. The molecular weight excluding hydrogens is 245 g/mol. The fourth-order valence-corrected chi connectivity index (χ4v) is 1.35. The van der Waals surface area contributed by atoms with Crippen molar-refractivity contribution in [2.75, 3.05) is 6.61 Å². The Hall–Kier alpha value is -1.07. The molecule has 0 bridgehead atoms. The maximum absolute atomic E-state index is 12.5. The minimum Gasteiger partial charge on any atom is -0.386 e. The molecule has 0 amide bonds. The Balaban J connectivity index is 2.78. The second kappa shape index (κ2) is 5.28. The van der Waals surface area contributed by atoms with Crippen molar-refractivity contribution in [2.24, 2.45) is 0 Å². The summed E-state index contributed by atoms with van der Waals surface area (Å²) < 4.78 is 42.8. The average Bonchev–Trinajstić information content (AvgIpc) is 2.24. The predicted octanol–water partition coefficient (Wildman–Crippen LogP) is 3.55. The van der Waals surface area contributed by atoms with Crippen molar-refractivity contribution < 1.29 is 23.0 Å². The lowest BCUT2D eigenvalue weighted by molar-refractivity contribution is -0.137. The number of hydrogen-bond acceptors (Lipinski definition) is 2. The Morgan fingerprint density at radius 2 is 1.83 bits per heavy atom. The van der Waals surface area contributed by atoms with Crippen LogP contribution in [0.5, 0.6) is 0 Å². The predicted molar refractivity (Wildman–Crippen MR) is 62.1 cm³/mol. The van der Waals surface area contributed by atoms with E-state index in [1.807, 2.05) is 20.8 Å². The number of rotatable bonds is 3. The van der Waals surface area contributed by atoms with E-state index in [0.717, 1.165) is 12.1 Å². The molecule has 102 valence electrons. The Labute approximate surface area is 104 Å². The number of aliphatic hydroxyl groups is 1. The van der Waals surface area contributed by atoms with Gasteiger partial charge in [-0.2, -0.15) is 13.2 Å². The zero-order chi connectivity index (χ0) is 14.0. The van der Waals surface area contributed by atoms with Crippen LogP contribution in [0.2, 0.25) is 0 Å². The number of aliphatic hydroxyl groups excluding tert-OH is 1. The van der Waals surface area contributed by atoms with Crippen molar-refractivity contribution in [3.05, 3.63) is 35.4 Å². The van der Waals surface area contributed by atoms with E-state index >= 15 is 0 Å². The van der Waals surface area contributed by atoms with Crippen molar-refractivity contribution >= 4 is 0 Å². The second-order valence-corrected chi connectivity index (χ2v) is 5.06. The quantitative estimate of drug-likeness (QED) is 0.902. The maximum Gasteiger partial charge on any atom is 0.416 e. The molecule has 0 heterocycles. The molecule has 5 heteroatoms. The first-order chi connectivity index (χ1) is 8.09. The number of ether oxygens (including phenoxy) is 1. The summed E-state index contributed by atoms with van der Waals surface area (Å²) in [5.41, 5.74) is -1.01. The minimum atomic E-state index is -4.40. The molecule has 0 aliphatic rings. The molecular formula is C13H17F3O2. The zero-order valence-electron chi connectivity index (χ0n) is 10.6. The molecule has 1 N–H and O–H groups in total. The lowest BCUT2D eigenvalue weighted by Gasteiger charge is -2.22. The highest BCUT2D eigenvalue weighted by Crippen LogP contribution is 2.30. The van der Waals surface area contributed by atoms with Crippen molar-refractivity contribution in [1.29, 1.82) is 0 Å². The lowest BCUT2D eigenvalue weighted by Crippen LogP contribution is -2.23.